The molecule has 184 valence electrons. The number of carbonyl (C=O) groups is 1. The molecule has 0 radical (unpaired) electrons. The van der Waals surface area contributed by atoms with E-state index in [0.29, 0.717) is 0 Å². The lowest BCUT2D eigenvalue weighted by Crippen LogP contribution is -2.42. The van der Waals surface area contributed by atoms with E-state index < -0.39 is 5.41 Å². The number of methoxy groups -OCH3 is 2. The number of nitrogens with one attached hydrogen (secondary N) is 2. The van der Waals surface area contributed by atoms with Gasteiger partial charge >= 0.3 is 5.97 Å². The fourth-order valence-electron chi connectivity index (χ4n) is 4.60. The lowest BCUT2D eigenvalue weighted by Gasteiger charge is -2.35. The fourth-order valence-corrected chi connectivity index (χ4v) is 4.86. The van der Waals surface area contributed by atoms with Gasteiger partial charge < -0.3 is 19.8 Å². The number of imidazole rings is 1. The monoisotopic (exact) mass is 529 g/mol. The number of aromatic nitrogens is 2. The molecule has 0 spiro atoms. The molecule has 3 rings (SSSR count). The molecule has 0 fully saturated rings. The molecule has 3 aromatic rings. The van der Waals surface area contributed by atoms with Crippen LogP contribution in [0.4, 0.5) is 0 Å². The molecule has 0 amide bonds. The summed E-state index contributed by atoms with van der Waals surface area (Å²) in [5.41, 5.74) is 2.36. The highest BCUT2D eigenvalue weighted by Crippen LogP contribution is 2.38. The normalized spacial score (nSPS) is 13.2. The molecule has 7 heteroatoms. The average Bonchev–Trinajstić information content (AvgIpc) is 3.25. The molecular weight excluding hydrogens is 494 g/mol. The van der Waals surface area contributed by atoms with Crippen molar-refractivity contribution in [3.05, 3.63) is 58.3 Å². The Bertz CT molecular complexity index is 1060. The van der Waals surface area contributed by atoms with E-state index >= 15 is 0 Å². The van der Waals surface area contributed by atoms with E-state index in [-0.39, 0.29) is 11.9 Å². The summed E-state index contributed by atoms with van der Waals surface area (Å²) in [4.78, 5) is 21.0. The van der Waals surface area contributed by atoms with E-state index in [1.54, 1.807) is 7.11 Å². The third kappa shape index (κ3) is 6.19. The number of esters is 1. The van der Waals surface area contributed by atoms with Crippen molar-refractivity contribution in [1.82, 2.24) is 15.3 Å². The summed E-state index contributed by atoms with van der Waals surface area (Å²) in [6.45, 7) is 6.01. The summed E-state index contributed by atoms with van der Waals surface area (Å²) in [5.74, 6) is 1.82. The second-order valence-electron chi connectivity index (χ2n) is 9.00. The van der Waals surface area contributed by atoms with Crippen LogP contribution in [0.3, 0.4) is 0 Å². The molecule has 0 saturated carbocycles. The molecule has 1 aromatic heterocycles. The van der Waals surface area contributed by atoms with E-state index in [2.05, 4.69) is 45.1 Å². The molecule has 2 aromatic carbocycles. The van der Waals surface area contributed by atoms with E-state index in [1.807, 2.05) is 42.5 Å². The van der Waals surface area contributed by atoms with Gasteiger partial charge in [-0.25, -0.2) is 4.98 Å². The van der Waals surface area contributed by atoms with Gasteiger partial charge in [0.1, 0.15) is 11.6 Å². The molecule has 1 heterocycles. The Balaban J connectivity index is 1.45. The minimum Gasteiger partial charge on any atom is -0.497 e. The summed E-state index contributed by atoms with van der Waals surface area (Å²) in [6, 6.07) is 13.9. The third-order valence-electron chi connectivity index (χ3n) is 6.57. The first kappa shape index (κ1) is 26.2. The molecule has 0 bridgehead atoms. The largest absolute Gasteiger partial charge is 0.497 e. The van der Waals surface area contributed by atoms with E-state index in [4.69, 9.17) is 9.47 Å². The van der Waals surface area contributed by atoms with E-state index in [9.17, 15) is 4.79 Å². The van der Waals surface area contributed by atoms with Crippen LogP contribution in [-0.2, 0) is 21.4 Å². The van der Waals surface area contributed by atoms with Gasteiger partial charge in [-0.1, -0.05) is 41.9 Å². The van der Waals surface area contributed by atoms with Crippen LogP contribution in [0.15, 0.2) is 46.9 Å². The van der Waals surface area contributed by atoms with Crippen LogP contribution in [0.2, 0.25) is 0 Å². The lowest BCUT2D eigenvalue weighted by atomic mass is 9.68. The number of ether oxygens (including phenoxy) is 2. The lowest BCUT2D eigenvalue weighted by molar-refractivity contribution is -0.150. The standard InChI is InChI=1S/C27H36BrN3O3/c1-19(2)27(26(32)34-4,20-9-11-21(28)12-10-20)15-7-17-29-16-6-5-8-25-30-23-14-13-22(33-3)18-24(23)31-25/h9-14,18-19,29H,5-8,15-17H2,1-4H3,(H,30,31). The molecule has 0 aliphatic carbocycles. The Morgan fingerprint density at radius 2 is 1.82 bits per heavy atom. The fraction of sp³-hybridized carbons (Fsp3) is 0.481. The molecule has 0 aliphatic rings. The maximum absolute atomic E-state index is 12.9. The predicted molar refractivity (Wildman–Crippen MR) is 140 cm³/mol. The van der Waals surface area contributed by atoms with Crippen LogP contribution >= 0.6 is 15.9 Å². The molecule has 1 unspecified atom stereocenters. The van der Waals surface area contributed by atoms with Crippen LogP contribution in [0.1, 0.15) is 50.9 Å². The van der Waals surface area contributed by atoms with Gasteiger partial charge in [0.05, 0.1) is 30.7 Å². The van der Waals surface area contributed by atoms with Crippen molar-refractivity contribution in [3.8, 4) is 5.75 Å². The van der Waals surface area contributed by atoms with Gasteiger partial charge in [-0.3, -0.25) is 4.79 Å². The number of hydrogen-bond acceptors (Lipinski definition) is 5. The highest BCUT2D eigenvalue weighted by molar-refractivity contribution is 9.10. The van der Waals surface area contributed by atoms with Gasteiger partial charge in [-0.05, 0) is 74.5 Å². The number of nitrogens with zero attached hydrogens (tertiary/aromatic N) is 1. The zero-order valence-corrected chi connectivity index (χ0v) is 22.2. The Kier molecular flexibility index (Phi) is 9.54. The maximum atomic E-state index is 12.9. The number of rotatable bonds is 13. The molecule has 0 aliphatic heterocycles. The first-order valence-electron chi connectivity index (χ1n) is 12.0. The molecule has 6 nitrogen and oxygen atoms in total. The third-order valence-corrected chi connectivity index (χ3v) is 7.10. The maximum Gasteiger partial charge on any atom is 0.316 e. The molecular formula is C27H36BrN3O3. The highest BCUT2D eigenvalue weighted by atomic mass is 79.9. The van der Waals surface area contributed by atoms with Crippen molar-refractivity contribution < 1.29 is 14.3 Å². The number of halogens is 1. The Labute approximate surface area is 211 Å². The van der Waals surface area contributed by atoms with Gasteiger partial charge in [0.15, 0.2) is 0 Å². The van der Waals surface area contributed by atoms with Crippen molar-refractivity contribution in [2.24, 2.45) is 5.92 Å². The van der Waals surface area contributed by atoms with Crippen LogP contribution in [0, 0.1) is 5.92 Å². The molecule has 1 atom stereocenters. The van der Waals surface area contributed by atoms with Crippen LogP contribution in [0.5, 0.6) is 5.75 Å². The Hall–Kier alpha value is -2.38. The number of benzene rings is 2. The number of aromatic amines is 1. The van der Waals surface area contributed by atoms with Gasteiger partial charge in [-0.2, -0.15) is 0 Å². The number of carbonyl (C=O) groups excluding carboxylic acids is 1. The van der Waals surface area contributed by atoms with Crippen molar-refractivity contribution in [3.63, 3.8) is 0 Å². The van der Waals surface area contributed by atoms with Crippen molar-refractivity contribution >= 4 is 32.9 Å². The number of unbranched alkanes of at least 4 members (excludes halogenated alkanes) is 1. The number of aryl methyl sites for hydroxylation is 1. The minimum absolute atomic E-state index is 0.130. The molecule has 0 saturated heterocycles. The molecule has 2 N–H and O–H groups in total. The number of hydrogen-bond donors (Lipinski definition) is 2. The quantitative estimate of drug-likeness (QED) is 0.216. The van der Waals surface area contributed by atoms with E-state index in [0.717, 1.165) is 77.8 Å². The molecule has 34 heavy (non-hydrogen) atoms. The van der Waals surface area contributed by atoms with Crippen molar-refractivity contribution in [2.45, 2.75) is 51.4 Å². The zero-order chi connectivity index (χ0) is 24.6. The predicted octanol–water partition coefficient (Wildman–Crippen LogP) is 5.79. The number of H-pyrrole nitrogens is 1. The van der Waals surface area contributed by atoms with Crippen LogP contribution in [-0.4, -0.2) is 43.2 Å². The van der Waals surface area contributed by atoms with Crippen LogP contribution < -0.4 is 10.1 Å². The van der Waals surface area contributed by atoms with Gasteiger partial charge in [0, 0.05) is 17.0 Å². The topological polar surface area (TPSA) is 76.2 Å². The van der Waals surface area contributed by atoms with Gasteiger partial charge in [-0.15, -0.1) is 0 Å². The summed E-state index contributed by atoms with van der Waals surface area (Å²) in [6.07, 6.45) is 4.69. The van der Waals surface area contributed by atoms with E-state index in [1.165, 1.54) is 7.11 Å². The number of fused-ring (bicyclic) bond motifs is 1. The summed E-state index contributed by atoms with van der Waals surface area (Å²) in [7, 11) is 3.15. The SMILES string of the molecule is COC(=O)C(CCCNCCCCc1nc2ccc(OC)cc2[nH]1)(c1ccc(Br)cc1)C(C)C. The Morgan fingerprint density at radius 1 is 1.09 bits per heavy atom. The first-order valence-corrected chi connectivity index (χ1v) is 12.8. The van der Waals surface area contributed by atoms with Crippen LogP contribution in [0.25, 0.3) is 11.0 Å². The zero-order valence-electron chi connectivity index (χ0n) is 20.6. The van der Waals surface area contributed by atoms with Gasteiger partial charge in [0.25, 0.3) is 0 Å². The second kappa shape index (κ2) is 12.4. The minimum atomic E-state index is -0.638. The van der Waals surface area contributed by atoms with Gasteiger partial charge in [0.2, 0.25) is 0 Å². The average molecular weight is 531 g/mol. The summed E-state index contributed by atoms with van der Waals surface area (Å²) >= 11 is 3.49. The highest BCUT2D eigenvalue weighted by Gasteiger charge is 2.43. The van der Waals surface area contributed by atoms with Crippen molar-refractivity contribution in [2.75, 3.05) is 27.3 Å². The second-order valence-corrected chi connectivity index (χ2v) is 9.92. The van der Waals surface area contributed by atoms with Crippen molar-refractivity contribution in [1.29, 1.82) is 0 Å². The first-order chi connectivity index (χ1) is 16.4. The Morgan fingerprint density at radius 3 is 2.50 bits per heavy atom. The smallest absolute Gasteiger partial charge is 0.316 e. The summed E-state index contributed by atoms with van der Waals surface area (Å²) < 4.78 is 11.5. The summed E-state index contributed by atoms with van der Waals surface area (Å²) in [5, 5.41) is 3.54.